The van der Waals surface area contributed by atoms with E-state index in [4.69, 9.17) is 5.73 Å². The molecule has 1 aliphatic carbocycles. The van der Waals surface area contributed by atoms with E-state index in [9.17, 15) is 0 Å². The van der Waals surface area contributed by atoms with Crippen molar-refractivity contribution < 1.29 is 0 Å². The molecule has 1 fully saturated rings. The predicted octanol–water partition coefficient (Wildman–Crippen LogP) is 2.86. The molecule has 2 unspecified atom stereocenters. The van der Waals surface area contributed by atoms with Gasteiger partial charge in [-0.25, -0.2) is 0 Å². The summed E-state index contributed by atoms with van der Waals surface area (Å²) in [5, 5.41) is 0. The van der Waals surface area contributed by atoms with Gasteiger partial charge in [-0.05, 0) is 30.6 Å². The van der Waals surface area contributed by atoms with Gasteiger partial charge in [-0.15, -0.1) is 0 Å². The van der Waals surface area contributed by atoms with Crippen molar-refractivity contribution in [2.24, 2.45) is 28.5 Å². The zero-order valence-corrected chi connectivity index (χ0v) is 12.4. The molecule has 18 heavy (non-hydrogen) atoms. The van der Waals surface area contributed by atoms with Crippen molar-refractivity contribution in [2.45, 2.75) is 58.9 Å². The number of nitrogens with zero attached hydrogens (tertiary/aromatic N) is 2. The molecule has 104 valence electrons. The molecular formula is C15H29N3. The van der Waals surface area contributed by atoms with Crippen molar-refractivity contribution in [3.8, 4) is 0 Å². The van der Waals surface area contributed by atoms with Crippen LogP contribution in [0.25, 0.3) is 0 Å². The smallest absolute Gasteiger partial charge is 0.191 e. The molecule has 0 amide bonds. The van der Waals surface area contributed by atoms with Crippen molar-refractivity contribution in [1.82, 2.24) is 4.90 Å². The van der Waals surface area contributed by atoms with Crippen molar-refractivity contribution in [3.63, 3.8) is 0 Å². The molecule has 0 aromatic heterocycles. The van der Waals surface area contributed by atoms with Crippen LogP contribution in [0.3, 0.4) is 0 Å². The molecule has 0 bridgehead atoms. The number of aliphatic imine (C=N–C) groups is 1. The molecule has 0 aromatic carbocycles. The first-order chi connectivity index (χ1) is 8.47. The van der Waals surface area contributed by atoms with E-state index in [2.05, 4.69) is 37.6 Å². The van der Waals surface area contributed by atoms with Gasteiger partial charge in [0.15, 0.2) is 5.96 Å². The Kier molecular flexibility index (Phi) is 3.88. The fourth-order valence-electron chi connectivity index (χ4n) is 3.99. The van der Waals surface area contributed by atoms with Gasteiger partial charge < -0.3 is 10.6 Å². The maximum absolute atomic E-state index is 6.17. The second-order valence-electron chi connectivity index (χ2n) is 6.88. The summed E-state index contributed by atoms with van der Waals surface area (Å²) in [6.07, 6.45) is 5.32. The van der Waals surface area contributed by atoms with Gasteiger partial charge in [0.25, 0.3) is 0 Å². The summed E-state index contributed by atoms with van der Waals surface area (Å²) >= 11 is 0. The Bertz CT molecular complexity index is 322. The van der Waals surface area contributed by atoms with Crippen LogP contribution in [-0.4, -0.2) is 29.5 Å². The minimum Gasteiger partial charge on any atom is -0.370 e. The normalized spacial score (nSPS) is 32.7. The van der Waals surface area contributed by atoms with Crippen molar-refractivity contribution >= 4 is 5.96 Å². The van der Waals surface area contributed by atoms with Gasteiger partial charge in [0, 0.05) is 6.54 Å². The molecule has 1 heterocycles. The third-order valence-corrected chi connectivity index (χ3v) is 4.75. The summed E-state index contributed by atoms with van der Waals surface area (Å²) in [4.78, 5) is 7.05. The van der Waals surface area contributed by atoms with E-state index < -0.39 is 0 Å². The average molecular weight is 251 g/mol. The van der Waals surface area contributed by atoms with Gasteiger partial charge in [-0.2, -0.15) is 0 Å². The summed E-state index contributed by atoms with van der Waals surface area (Å²) in [6, 6.07) is 0. The first kappa shape index (κ1) is 13.7. The standard InChI is InChI=1S/C15H29N3/c1-11(2)9-18-14(16)17-10-15(18)8-6-5-7-13(15)12(3)4/h11-13H,5-10H2,1-4H3,(H2,16,17). The lowest BCUT2D eigenvalue weighted by Crippen LogP contribution is -2.59. The molecule has 3 nitrogen and oxygen atoms in total. The van der Waals surface area contributed by atoms with E-state index in [1.54, 1.807) is 0 Å². The molecule has 2 rings (SSSR count). The fourth-order valence-corrected chi connectivity index (χ4v) is 3.99. The zero-order chi connectivity index (χ0) is 13.3. The first-order valence-corrected chi connectivity index (χ1v) is 7.55. The maximum atomic E-state index is 6.17. The zero-order valence-electron chi connectivity index (χ0n) is 12.4. The molecule has 0 saturated heterocycles. The van der Waals surface area contributed by atoms with E-state index >= 15 is 0 Å². The number of hydrogen-bond donors (Lipinski definition) is 1. The largest absolute Gasteiger partial charge is 0.370 e. The van der Waals surface area contributed by atoms with Gasteiger partial charge >= 0.3 is 0 Å². The molecule has 1 aliphatic heterocycles. The quantitative estimate of drug-likeness (QED) is 0.838. The number of hydrogen-bond acceptors (Lipinski definition) is 3. The van der Waals surface area contributed by atoms with Crippen LogP contribution >= 0.6 is 0 Å². The number of nitrogens with two attached hydrogens (primary N) is 1. The van der Waals surface area contributed by atoms with Gasteiger partial charge in [-0.1, -0.05) is 40.5 Å². The lowest BCUT2D eigenvalue weighted by atomic mass is 9.67. The predicted molar refractivity (Wildman–Crippen MR) is 77.6 cm³/mol. The minimum atomic E-state index is 0.237. The van der Waals surface area contributed by atoms with Gasteiger partial charge in [-0.3, -0.25) is 4.99 Å². The Balaban J connectivity index is 2.26. The summed E-state index contributed by atoms with van der Waals surface area (Å²) in [6.45, 7) is 11.2. The van der Waals surface area contributed by atoms with E-state index in [0.29, 0.717) is 5.92 Å². The highest BCUT2D eigenvalue weighted by molar-refractivity contribution is 5.81. The third kappa shape index (κ3) is 2.24. The Morgan fingerprint density at radius 1 is 1.33 bits per heavy atom. The second-order valence-corrected chi connectivity index (χ2v) is 6.88. The molecule has 3 heteroatoms. The number of rotatable bonds is 3. The Labute approximate surface area is 112 Å². The monoisotopic (exact) mass is 251 g/mol. The summed E-state index contributed by atoms with van der Waals surface area (Å²) < 4.78 is 0. The Morgan fingerprint density at radius 2 is 2.06 bits per heavy atom. The molecule has 0 radical (unpaired) electrons. The average Bonchev–Trinajstić information content (AvgIpc) is 2.59. The van der Waals surface area contributed by atoms with E-state index in [1.165, 1.54) is 25.7 Å². The number of guanidine groups is 1. The molecule has 1 spiro atoms. The molecule has 1 saturated carbocycles. The van der Waals surface area contributed by atoms with Crippen LogP contribution in [0.5, 0.6) is 0 Å². The fraction of sp³-hybridized carbons (Fsp3) is 0.933. The molecule has 2 aliphatic rings. The molecule has 2 atom stereocenters. The summed E-state index contributed by atoms with van der Waals surface area (Å²) in [7, 11) is 0. The van der Waals surface area contributed by atoms with Crippen LogP contribution in [-0.2, 0) is 0 Å². The van der Waals surface area contributed by atoms with Gasteiger partial charge in [0.05, 0.1) is 12.1 Å². The van der Waals surface area contributed by atoms with Crippen molar-refractivity contribution in [2.75, 3.05) is 13.1 Å². The van der Waals surface area contributed by atoms with Crippen molar-refractivity contribution in [3.05, 3.63) is 0 Å². The highest BCUT2D eigenvalue weighted by Gasteiger charge is 2.49. The third-order valence-electron chi connectivity index (χ3n) is 4.75. The topological polar surface area (TPSA) is 41.6 Å². The first-order valence-electron chi connectivity index (χ1n) is 7.55. The van der Waals surface area contributed by atoms with E-state index in [-0.39, 0.29) is 5.54 Å². The SMILES string of the molecule is CC(C)CN1C(N)=NCC12CCCCC2C(C)C. The molecule has 0 aromatic rings. The maximum Gasteiger partial charge on any atom is 0.191 e. The second kappa shape index (κ2) is 5.10. The van der Waals surface area contributed by atoms with Gasteiger partial charge in [0.1, 0.15) is 0 Å². The van der Waals surface area contributed by atoms with Crippen LogP contribution in [0, 0.1) is 17.8 Å². The minimum absolute atomic E-state index is 0.237. The van der Waals surface area contributed by atoms with Crippen LogP contribution in [0.1, 0.15) is 53.4 Å². The summed E-state index contributed by atoms with van der Waals surface area (Å²) in [5.74, 6) is 2.90. The molecule has 2 N–H and O–H groups in total. The van der Waals surface area contributed by atoms with E-state index in [0.717, 1.165) is 30.9 Å². The highest BCUT2D eigenvalue weighted by Crippen LogP contribution is 2.44. The lowest BCUT2D eigenvalue weighted by molar-refractivity contribution is 0.0388. The van der Waals surface area contributed by atoms with Crippen molar-refractivity contribution in [1.29, 1.82) is 0 Å². The van der Waals surface area contributed by atoms with Crippen LogP contribution in [0.2, 0.25) is 0 Å². The summed E-state index contributed by atoms with van der Waals surface area (Å²) in [5.41, 5.74) is 6.41. The Morgan fingerprint density at radius 3 is 2.67 bits per heavy atom. The van der Waals surface area contributed by atoms with Gasteiger partial charge in [0.2, 0.25) is 0 Å². The van der Waals surface area contributed by atoms with Crippen LogP contribution < -0.4 is 5.73 Å². The van der Waals surface area contributed by atoms with Crippen LogP contribution in [0.15, 0.2) is 4.99 Å². The van der Waals surface area contributed by atoms with Crippen LogP contribution in [0.4, 0.5) is 0 Å². The molecular weight excluding hydrogens is 222 g/mol. The Hall–Kier alpha value is -0.730. The lowest BCUT2D eigenvalue weighted by Gasteiger charge is -2.50. The van der Waals surface area contributed by atoms with E-state index in [1.807, 2.05) is 0 Å². The highest BCUT2D eigenvalue weighted by atomic mass is 15.4.